The third-order valence-corrected chi connectivity index (χ3v) is 5.10. The fourth-order valence-electron chi connectivity index (χ4n) is 3.35. The van der Waals surface area contributed by atoms with Gasteiger partial charge in [-0.15, -0.1) is 0 Å². The first kappa shape index (κ1) is 18.8. The number of aliphatic hydroxyl groups is 2. The van der Waals surface area contributed by atoms with E-state index >= 15 is 0 Å². The summed E-state index contributed by atoms with van der Waals surface area (Å²) in [5.74, 6) is 1.63. The van der Waals surface area contributed by atoms with Crippen LogP contribution < -0.4 is 4.74 Å². The van der Waals surface area contributed by atoms with E-state index in [4.69, 9.17) is 9.84 Å². The Balaban J connectivity index is 2.16. The van der Waals surface area contributed by atoms with Crippen LogP contribution in [0.5, 0.6) is 5.75 Å². The molecule has 0 fully saturated rings. The molecule has 0 radical (unpaired) electrons. The van der Waals surface area contributed by atoms with Gasteiger partial charge < -0.3 is 14.9 Å². The van der Waals surface area contributed by atoms with Crippen molar-refractivity contribution in [1.29, 1.82) is 0 Å². The molecular formula is C21H30O3. The highest BCUT2D eigenvalue weighted by Crippen LogP contribution is 2.41. The maximum atomic E-state index is 9.36. The topological polar surface area (TPSA) is 49.7 Å². The van der Waals surface area contributed by atoms with Crippen molar-refractivity contribution in [2.45, 2.75) is 46.1 Å². The largest absolute Gasteiger partial charge is 0.491 e. The molecule has 3 unspecified atom stereocenters. The second kappa shape index (κ2) is 7.54. The third kappa shape index (κ3) is 4.08. The van der Waals surface area contributed by atoms with Crippen molar-refractivity contribution in [2.24, 2.45) is 11.8 Å². The Morgan fingerprint density at radius 3 is 2.29 bits per heavy atom. The van der Waals surface area contributed by atoms with Gasteiger partial charge in [-0.3, -0.25) is 0 Å². The van der Waals surface area contributed by atoms with Crippen LogP contribution >= 0.6 is 0 Å². The molecule has 3 nitrogen and oxygen atoms in total. The van der Waals surface area contributed by atoms with Crippen LogP contribution in [0.4, 0.5) is 0 Å². The van der Waals surface area contributed by atoms with Gasteiger partial charge in [0.25, 0.3) is 0 Å². The van der Waals surface area contributed by atoms with Gasteiger partial charge >= 0.3 is 0 Å². The van der Waals surface area contributed by atoms with Gasteiger partial charge in [0.15, 0.2) is 0 Å². The lowest BCUT2D eigenvalue weighted by atomic mass is 9.69. The first-order valence-electron chi connectivity index (χ1n) is 8.68. The summed E-state index contributed by atoms with van der Waals surface area (Å²) in [5.41, 5.74) is 4.09. The summed E-state index contributed by atoms with van der Waals surface area (Å²) in [6.07, 6.45) is 3.93. The van der Waals surface area contributed by atoms with Crippen LogP contribution in [0.1, 0.15) is 40.2 Å². The molecule has 0 spiro atoms. The predicted octanol–water partition coefficient (Wildman–Crippen LogP) is 3.85. The summed E-state index contributed by atoms with van der Waals surface area (Å²) in [4.78, 5) is 0. The minimum Gasteiger partial charge on any atom is -0.491 e. The summed E-state index contributed by atoms with van der Waals surface area (Å²) in [6, 6.07) is 8.04. The first-order valence-corrected chi connectivity index (χ1v) is 8.68. The van der Waals surface area contributed by atoms with E-state index in [0.29, 0.717) is 17.6 Å². The average Bonchev–Trinajstić information content (AvgIpc) is 2.56. The fraction of sp³-hybridized carbons (Fsp3) is 0.524. The molecule has 0 saturated carbocycles. The van der Waals surface area contributed by atoms with Gasteiger partial charge in [0.2, 0.25) is 0 Å². The highest BCUT2D eigenvalue weighted by atomic mass is 16.5. The third-order valence-electron chi connectivity index (χ3n) is 5.10. The molecule has 3 atom stereocenters. The molecule has 2 rings (SSSR count). The van der Waals surface area contributed by atoms with Crippen molar-refractivity contribution >= 4 is 0 Å². The minimum atomic E-state index is -0.842. The van der Waals surface area contributed by atoms with Crippen LogP contribution in [0, 0.1) is 11.8 Å². The van der Waals surface area contributed by atoms with Crippen molar-refractivity contribution in [3.8, 4) is 5.75 Å². The van der Waals surface area contributed by atoms with Gasteiger partial charge in [-0.25, -0.2) is 0 Å². The summed E-state index contributed by atoms with van der Waals surface area (Å²) in [7, 11) is 0. The van der Waals surface area contributed by atoms with Crippen molar-refractivity contribution < 1.29 is 14.9 Å². The molecule has 1 aliphatic rings. The summed E-state index contributed by atoms with van der Waals surface area (Å²) in [6.45, 7) is 11.1. The smallest absolute Gasteiger partial charge is 0.119 e. The van der Waals surface area contributed by atoms with E-state index < -0.39 is 6.10 Å². The number of rotatable bonds is 6. The van der Waals surface area contributed by atoms with E-state index in [1.807, 2.05) is 12.1 Å². The minimum absolute atomic E-state index is 0.0476. The van der Waals surface area contributed by atoms with Crippen LogP contribution in [0.25, 0.3) is 0 Å². The average molecular weight is 330 g/mol. The summed E-state index contributed by atoms with van der Waals surface area (Å²) < 4.78 is 5.49. The van der Waals surface area contributed by atoms with Crippen LogP contribution in [0.2, 0.25) is 0 Å². The molecule has 0 heterocycles. The normalized spacial score (nSPS) is 22.6. The Hall–Kier alpha value is -1.58. The monoisotopic (exact) mass is 330 g/mol. The maximum absolute atomic E-state index is 9.36. The van der Waals surface area contributed by atoms with E-state index in [2.05, 4.69) is 58.9 Å². The highest BCUT2D eigenvalue weighted by Gasteiger charge is 2.31. The standard InChI is InChI=1S/C21H30O3/c1-14-10-16(3)20(11-15(14)2)21(4,5)17-6-8-19(9-7-17)24-13-18(23)12-22/h6-11,15-16,18,22-23H,12-13H2,1-5H3. The van der Waals surface area contributed by atoms with E-state index in [1.165, 1.54) is 16.7 Å². The molecule has 0 bridgehead atoms. The molecule has 132 valence electrons. The Morgan fingerprint density at radius 2 is 1.71 bits per heavy atom. The number of allylic oxidation sites excluding steroid dienone is 4. The van der Waals surface area contributed by atoms with Crippen LogP contribution in [0.3, 0.4) is 0 Å². The van der Waals surface area contributed by atoms with Crippen molar-refractivity contribution in [2.75, 3.05) is 13.2 Å². The van der Waals surface area contributed by atoms with Gasteiger partial charge in [-0.1, -0.05) is 63.1 Å². The maximum Gasteiger partial charge on any atom is 0.119 e. The van der Waals surface area contributed by atoms with Gasteiger partial charge in [0, 0.05) is 5.41 Å². The molecule has 0 aromatic heterocycles. The van der Waals surface area contributed by atoms with Crippen molar-refractivity contribution in [1.82, 2.24) is 0 Å². The summed E-state index contributed by atoms with van der Waals surface area (Å²) >= 11 is 0. The molecule has 2 N–H and O–H groups in total. The van der Waals surface area contributed by atoms with E-state index in [-0.39, 0.29) is 18.6 Å². The predicted molar refractivity (Wildman–Crippen MR) is 98.2 cm³/mol. The lowest BCUT2D eigenvalue weighted by Gasteiger charge is -2.35. The second-order valence-electron chi connectivity index (χ2n) is 7.41. The molecule has 0 saturated heterocycles. The highest BCUT2D eigenvalue weighted by molar-refractivity contribution is 5.42. The molecule has 1 aromatic rings. The molecule has 0 aliphatic heterocycles. The van der Waals surface area contributed by atoms with Crippen LogP contribution in [-0.4, -0.2) is 29.5 Å². The second-order valence-corrected chi connectivity index (χ2v) is 7.41. The number of ether oxygens (including phenoxy) is 1. The molecule has 24 heavy (non-hydrogen) atoms. The Kier molecular flexibility index (Phi) is 5.89. The summed E-state index contributed by atoms with van der Waals surface area (Å²) in [5, 5.41) is 18.2. The van der Waals surface area contributed by atoms with Gasteiger partial charge in [0.05, 0.1) is 6.61 Å². The van der Waals surface area contributed by atoms with Gasteiger partial charge in [0.1, 0.15) is 18.5 Å². The molecule has 3 heteroatoms. The quantitative estimate of drug-likeness (QED) is 0.779. The molecular weight excluding hydrogens is 300 g/mol. The Morgan fingerprint density at radius 1 is 1.08 bits per heavy atom. The molecule has 0 amide bonds. The first-order chi connectivity index (χ1) is 11.3. The number of aliphatic hydroxyl groups excluding tert-OH is 2. The van der Waals surface area contributed by atoms with E-state index in [9.17, 15) is 5.11 Å². The van der Waals surface area contributed by atoms with E-state index in [0.717, 1.165) is 0 Å². The van der Waals surface area contributed by atoms with Gasteiger partial charge in [-0.2, -0.15) is 0 Å². The zero-order valence-corrected chi connectivity index (χ0v) is 15.4. The lowest BCUT2D eigenvalue weighted by molar-refractivity contribution is 0.0536. The molecule has 1 aliphatic carbocycles. The fourth-order valence-corrected chi connectivity index (χ4v) is 3.35. The lowest BCUT2D eigenvalue weighted by Crippen LogP contribution is -2.27. The zero-order chi connectivity index (χ0) is 17.9. The number of hydrogen-bond acceptors (Lipinski definition) is 3. The SMILES string of the molecule is CC1=CC(C)C(C(C)(C)c2ccc(OCC(O)CO)cc2)=CC1C. The Bertz CT molecular complexity index is 610. The van der Waals surface area contributed by atoms with Crippen LogP contribution in [0.15, 0.2) is 47.6 Å². The van der Waals surface area contributed by atoms with Crippen molar-refractivity contribution in [3.05, 3.63) is 53.1 Å². The zero-order valence-electron chi connectivity index (χ0n) is 15.4. The van der Waals surface area contributed by atoms with E-state index in [1.54, 1.807) is 0 Å². The molecule has 1 aromatic carbocycles. The number of hydrogen-bond donors (Lipinski definition) is 2. The van der Waals surface area contributed by atoms with Crippen LogP contribution in [-0.2, 0) is 5.41 Å². The van der Waals surface area contributed by atoms with Crippen molar-refractivity contribution in [3.63, 3.8) is 0 Å². The Labute approximate surface area is 145 Å². The number of benzene rings is 1. The van der Waals surface area contributed by atoms with Gasteiger partial charge in [-0.05, 0) is 36.5 Å².